The van der Waals surface area contributed by atoms with Crippen molar-refractivity contribution in [3.8, 4) is 11.5 Å². The topological polar surface area (TPSA) is 111 Å². The summed E-state index contributed by atoms with van der Waals surface area (Å²) in [6.07, 6.45) is -2.46. The molecule has 4 aromatic rings. The fourth-order valence-electron chi connectivity index (χ4n) is 5.12. The molecule has 252 valence electrons. The summed E-state index contributed by atoms with van der Waals surface area (Å²) in [6, 6.07) is 35.4. The molecule has 5 rings (SSSR count). The van der Waals surface area contributed by atoms with E-state index in [0.29, 0.717) is 0 Å². The number of ether oxygens (including phenoxy) is 4. The van der Waals surface area contributed by atoms with Gasteiger partial charge in [0, 0.05) is 6.92 Å². The van der Waals surface area contributed by atoms with Gasteiger partial charge in [-0.25, -0.2) is 4.57 Å². The van der Waals surface area contributed by atoms with Crippen LogP contribution in [0.3, 0.4) is 0 Å². The molecular formula is C37H40NO9P. The van der Waals surface area contributed by atoms with Crippen molar-refractivity contribution in [2.24, 2.45) is 0 Å². The van der Waals surface area contributed by atoms with Gasteiger partial charge in [-0.3, -0.25) is 9.32 Å². The van der Waals surface area contributed by atoms with E-state index in [4.69, 9.17) is 32.5 Å². The summed E-state index contributed by atoms with van der Waals surface area (Å²) in [4.78, 5) is 12.6. The van der Waals surface area contributed by atoms with Crippen LogP contribution in [0.2, 0.25) is 0 Å². The van der Waals surface area contributed by atoms with Crippen molar-refractivity contribution in [2.75, 3.05) is 13.2 Å². The molecule has 1 fully saturated rings. The van der Waals surface area contributed by atoms with Crippen LogP contribution in [0.15, 0.2) is 134 Å². The van der Waals surface area contributed by atoms with Crippen LogP contribution in [0.4, 0.5) is 0 Å². The van der Waals surface area contributed by atoms with Gasteiger partial charge in [-0.15, -0.1) is 6.58 Å². The van der Waals surface area contributed by atoms with E-state index >= 15 is 0 Å². The molecule has 1 N–H and O–H groups in total. The second-order valence-electron chi connectivity index (χ2n) is 11.0. The summed E-state index contributed by atoms with van der Waals surface area (Å²) in [5.41, 5.74) is 1.82. The second kappa shape index (κ2) is 17.8. The Kier molecular flexibility index (Phi) is 13.0. The van der Waals surface area contributed by atoms with Crippen molar-refractivity contribution in [1.29, 1.82) is 0 Å². The van der Waals surface area contributed by atoms with E-state index in [1.54, 1.807) is 66.7 Å². The summed E-state index contributed by atoms with van der Waals surface area (Å²) in [5.74, 6) is 0.168. The van der Waals surface area contributed by atoms with Crippen LogP contribution in [-0.2, 0) is 46.0 Å². The first-order valence-corrected chi connectivity index (χ1v) is 17.1. The first-order valence-electron chi connectivity index (χ1n) is 15.6. The van der Waals surface area contributed by atoms with Crippen LogP contribution >= 0.6 is 7.82 Å². The molecule has 0 spiro atoms. The zero-order valence-corrected chi connectivity index (χ0v) is 27.6. The normalized spacial score (nSPS) is 20.8. The van der Waals surface area contributed by atoms with Crippen molar-refractivity contribution in [3.05, 3.63) is 145 Å². The fourth-order valence-corrected chi connectivity index (χ4v) is 6.56. The smallest absolute Gasteiger partial charge is 0.395 e. The highest BCUT2D eigenvalue weighted by molar-refractivity contribution is 7.49. The molecule has 0 unspecified atom stereocenters. The predicted octanol–water partition coefficient (Wildman–Crippen LogP) is 6.87. The first-order chi connectivity index (χ1) is 23.4. The third-order valence-corrected chi connectivity index (χ3v) is 8.62. The molecule has 1 saturated heterocycles. The van der Waals surface area contributed by atoms with E-state index in [1.165, 1.54) is 6.92 Å². The lowest BCUT2D eigenvalue weighted by molar-refractivity contribution is -0.275. The summed E-state index contributed by atoms with van der Waals surface area (Å²) < 4.78 is 58.2. The minimum atomic E-state index is -4.48. The van der Waals surface area contributed by atoms with Gasteiger partial charge in [0.15, 0.2) is 6.29 Å². The Hall–Kier alpha value is -4.28. The number of amides is 1. The van der Waals surface area contributed by atoms with Crippen molar-refractivity contribution < 1.29 is 41.9 Å². The Balaban J connectivity index is 1.52. The van der Waals surface area contributed by atoms with E-state index in [2.05, 4.69) is 11.9 Å². The van der Waals surface area contributed by atoms with E-state index in [1.807, 2.05) is 60.7 Å². The molecule has 11 heteroatoms. The van der Waals surface area contributed by atoms with Gasteiger partial charge in [0.25, 0.3) is 0 Å². The summed E-state index contributed by atoms with van der Waals surface area (Å²) in [5, 5.41) is 2.90. The SMILES string of the molecule is C=CCO[C@H]1O[C@H](COCc2ccccc2)[C@@H](OP(=O)(Oc2ccccc2)Oc2ccccc2)[C@H](OCc2ccccc2)[C@H]1NC(C)=O. The molecule has 0 radical (unpaired) electrons. The van der Waals surface area contributed by atoms with E-state index in [-0.39, 0.29) is 43.8 Å². The van der Waals surface area contributed by atoms with Crippen LogP contribution in [0, 0.1) is 0 Å². The van der Waals surface area contributed by atoms with E-state index < -0.39 is 38.5 Å². The number of para-hydroxylation sites is 2. The molecule has 1 aliphatic rings. The third-order valence-electron chi connectivity index (χ3n) is 7.25. The van der Waals surface area contributed by atoms with Gasteiger partial charge in [-0.1, -0.05) is 103 Å². The largest absolute Gasteiger partial charge is 0.588 e. The molecule has 0 aromatic heterocycles. The van der Waals surface area contributed by atoms with Crippen LogP contribution < -0.4 is 14.4 Å². The van der Waals surface area contributed by atoms with Crippen molar-refractivity contribution in [3.63, 3.8) is 0 Å². The monoisotopic (exact) mass is 673 g/mol. The molecule has 1 amide bonds. The first kappa shape index (κ1) is 35.0. The van der Waals surface area contributed by atoms with Gasteiger partial charge in [-0.05, 0) is 35.4 Å². The molecule has 48 heavy (non-hydrogen) atoms. The van der Waals surface area contributed by atoms with Crippen LogP contribution in [0.1, 0.15) is 18.1 Å². The molecule has 4 aromatic carbocycles. The Morgan fingerprint density at radius 3 is 1.81 bits per heavy atom. The molecule has 0 aliphatic carbocycles. The molecular weight excluding hydrogens is 633 g/mol. The number of phosphoric acid groups is 1. The van der Waals surface area contributed by atoms with Gasteiger partial charge in [0.05, 0.1) is 26.4 Å². The highest BCUT2D eigenvalue weighted by Crippen LogP contribution is 2.52. The van der Waals surface area contributed by atoms with Crippen LogP contribution in [-0.4, -0.2) is 49.8 Å². The van der Waals surface area contributed by atoms with E-state index in [9.17, 15) is 9.36 Å². The van der Waals surface area contributed by atoms with Gasteiger partial charge in [0.2, 0.25) is 5.91 Å². The number of benzene rings is 4. The predicted molar refractivity (Wildman–Crippen MR) is 180 cm³/mol. The summed E-state index contributed by atoms with van der Waals surface area (Å²) >= 11 is 0. The molecule has 10 nitrogen and oxygen atoms in total. The lowest BCUT2D eigenvalue weighted by Gasteiger charge is -2.46. The quantitative estimate of drug-likeness (QED) is 0.0948. The maximum absolute atomic E-state index is 14.7. The highest BCUT2D eigenvalue weighted by Gasteiger charge is 2.52. The Morgan fingerprint density at radius 1 is 0.771 bits per heavy atom. The summed E-state index contributed by atoms with van der Waals surface area (Å²) in [6.45, 7) is 5.66. The van der Waals surface area contributed by atoms with Crippen LogP contribution in [0.25, 0.3) is 0 Å². The Morgan fingerprint density at radius 2 is 1.29 bits per heavy atom. The number of hydrogen-bond acceptors (Lipinski definition) is 9. The minimum Gasteiger partial charge on any atom is -0.395 e. The number of carbonyl (C=O) groups excluding carboxylic acids is 1. The lowest BCUT2D eigenvalue weighted by Crippen LogP contribution is -2.66. The van der Waals surface area contributed by atoms with Gasteiger partial charge in [-0.2, -0.15) is 0 Å². The minimum absolute atomic E-state index is 0.0117. The number of phosphoric ester groups is 1. The zero-order chi connectivity index (χ0) is 33.6. The van der Waals surface area contributed by atoms with Gasteiger partial charge in [0.1, 0.15) is 35.9 Å². The number of hydrogen-bond donors (Lipinski definition) is 1. The standard InChI is InChI=1S/C37H40NO9P/c1-3-24-42-37-34(38-28(2)39)36(43-26-30-18-10-5-11-19-30)35(33(44-37)27-41-25-29-16-8-4-9-17-29)47-48(40,45-31-20-12-6-13-21-31)46-32-22-14-7-15-23-32/h3-23,33-37H,1,24-27H2,2H3,(H,38,39)/t33-,34-,35-,36-,37+/m1/s1. The Labute approximate surface area is 281 Å². The van der Waals surface area contributed by atoms with Crippen molar-refractivity contribution in [1.82, 2.24) is 5.32 Å². The Bertz CT molecular complexity index is 1550. The summed E-state index contributed by atoms with van der Waals surface area (Å²) in [7, 11) is -4.48. The van der Waals surface area contributed by atoms with Crippen LogP contribution in [0.5, 0.6) is 11.5 Å². The molecule has 0 bridgehead atoms. The molecule has 5 atom stereocenters. The number of carbonyl (C=O) groups is 1. The maximum atomic E-state index is 14.7. The molecule has 0 saturated carbocycles. The van der Waals surface area contributed by atoms with Gasteiger partial charge < -0.3 is 33.3 Å². The average molecular weight is 674 g/mol. The lowest BCUT2D eigenvalue weighted by atomic mass is 9.96. The second-order valence-corrected chi connectivity index (χ2v) is 12.4. The number of rotatable bonds is 17. The third kappa shape index (κ3) is 10.4. The molecule has 1 aliphatic heterocycles. The van der Waals surface area contributed by atoms with Crippen molar-refractivity contribution >= 4 is 13.7 Å². The number of nitrogens with one attached hydrogen (secondary N) is 1. The highest BCUT2D eigenvalue weighted by atomic mass is 31.2. The van der Waals surface area contributed by atoms with Crippen molar-refractivity contribution in [2.45, 2.75) is 50.8 Å². The molecule has 1 heterocycles. The average Bonchev–Trinajstić information content (AvgIpc) is 3.09. The van der Waals surface area contributed by atoms with Gasteiger partial charge >= 0.3 is 7.82 Å². The fraction of sp³-hybridized carbons (Fsp3) is 0.270. The zero-order valence-electron chi connectivity index (χ0n) is 26.7. The van der Waals surface area contributed by atoms with E-state index in [0.717, 1.165) is 11.1 Å². The maximum Gasteiger partial charge on any atom is 0.588 e.